The van der Waals surface area contributed by atoms with Crippen molar-refractivity contribution in [3.05, 3.63) is 54.2 Å². The zero-order chi connectivity index (χ0) is 24.0. The Kier molecular flexibility index (Phi) is 5.80. The summed E-state index contributed by atoms with van der Waals surface area (Å²) in [6.07, 6.45) is 5.51. The van der Waals surface area contributed by atoms with Gasteiger partial charge in [0.15, 0.2) is 9.84 Å². The zero-order valence-electron chi connectivity index (χ0n) is 19.9. The highest BCUT2D eigenvalue weighted by atomic mass is 32.2. The zero-order valence-corrected chi connectivity index (χ0v) is 20.7. The van der Waals surface area contributed by atoms with E-state index in [9.17, 15) is 13.2 Å². The minimum absolute atomic E-state index is 0.0181. The molecule has 1 saturated carbocycles. The van der Waals surface area contributed by atoms with Gasteiger partial charge in [-0.05, 0) is 57.5 Å². The average Bonchev–Trinajstić information content (AvgIpc) is 3.16. The fourth-order valence-electron chi connectivity index (χ4n) is 5.75. The van der Waals surface area contributed by atoms with Gasteiger partial charge in [-0.25, -0.2) is 18.2 Å². The molecule has 0 radical (unpaired) electrons. The molecule has 0 atom stereocenters. The molecule has 0 unspecified atom stereocenters. The van der Waals surface area contributed by atoms with Crippen molar-refractivity contribution in [3.8, 4) is 0 Å². The summed E-state index contributed by atoms with van der Waals surface area (Å²) in [5, 5.41) is 3.30. The van der Waals surface area contributed by atoms with Crippen LogP contribution in [0.3, 0.4) is 0 Å². The summed E-state index contributed by atoms with van der Waals surface area (Å²) in [7, 11) is 1.36. The van der Waals surface area contributed by atoms with E-state index < -0.39 is 9.84 Å². The molecule has 34 heavy (non-hydrogen) atoms. The number of nitrogens with one attached hydrogen (secondary N) is 1. The number of nitrogens with zero attached hydrogens (tertiary/aromatic N) is 4. The summed E-state index contributed by atoms with van der Waals surface area (Å²) < 4.78 is 23.4. The van der Waals surface area contributed by atoms with Crippen LogP contribution < -0.4 is 15.1 Å². The maximum atomic E-state index is 13.0. The van der Waals surface area contributed by atoms with E-state index in [1.54, 1.807) is 11.1 Å². The molecule has 2 amide bonds. The molecule has 1 aromatic heterocycles. The van der Waals surface area contributed by atoms with Gasteiger partial charge in [0, 0.05) is 18.6 Å². The molecule has 5 rings (SSSR count). The van der Waals surface area contributed by atoms with Gasteiger partial charge >= 0.3 is 6.03 Å². The van der Waals surface area contributed by atoms with Crippen LogP contribution in [0.15, 0.2) is 48.7 Å². The molecule has 8 nitrogen and oxygen atoms in total. The van der Waals surface area contributed by atoms with Crippen molar-refractivity contribution in [1.82, 2.24) is 15.2 Å². The second kappa shape index (κ2) is 8.53. The number of rotatable bonds is 4. The Bertz CT molecular complexity index is 1130. The number of pyridine rings is 1. The fourth-order valence-corrected chi connectivity index (χ4v) is 6.95. The van der Waals surface area contributed by atoms with Crippen molar-refractivity contribution in [3.63, 3.8) is 0 Å². The van der Waals surface area contributed by atoms with Crippen LogP contribution in [-0.4, -0.2) is 75.1 Å². The van der Waals surface area contributed by atoms with Gasteiger partial charge in [-0.15, -0.1) is 0 Å². The summed E-state index contributed by atoms with van der Waals surface area (Å²) >= 11 is 0. The lowest BCUT2D eigenvalue weighted by molar-refractivity contribution is 0.0658. The van der Waals surface area contributed by atoms with Crippen LogP contribution in [0.1, 0.15) is 31.2 Å². The molecule has 1 spiro atoms. The van der Waals surface area contributed by atoms with E-state index in [1.165, 1.54) is 5.56 Å². The maximum absolute atomic E-state index is 13.0. The van der Waals surface area contributed by atoms with Crippen LogP contribution >= 0.6 is 0 Å². The molecule has 3 aliphatic rings. The molecule has 9 heteroatoms. The van der Waals surface area contributed by atoms with Crippen LogP contribution in [0.5, 0.6) is 0 Å². The lowest BCUT2D eigenvalue weighted by Gasteiger charge is -2.48. The van der Waals surface area contributed by atoms with Gasteiger partial charge in [-0.3, -0.25) is 9.80 Å². The van der Waals surface area contributed by atoms with Gasteiger partial charge < -0.3 is 10.2 Å². The van der Waals surface area contributed by atoms with Gasteiger partial charge in [0.25, 0.3) is 0 Å². The highest BCUT2D eigenvalue weighted by Gasteiger charge is 2.50. The van der Waals surface area contributed by atoms with Crippen molar-refractivity contribution in [2.24, 2.45) is 0 Å². The molecule has 2 aromatic rings. The third kappa shape index (κ3) is 4.15. The van der Waals surface area contributed by atoms with Crippen LogP contribution in [0.4, 0.5) is 16.3 Å². The molecular weight excluding hydrogens is 450 g/mol. The maximum Gasteiger partial charge on any atom is 0.322 e. The first kappa shape index (κ1) is 23.1. The lowest BCUT2D eigenvalue weighted by Crippen LogP contribution is -2.54. The first-order chi connectivity index (χ1) is 16.2. The summed E-state index contributed by atoms with van der Waals surface area (Å²) in [5.41, 5.74) is 1.86. The summed E-state index contributed by atoms with van der Waals surface area (Å²) in [6, 6.07) is 14.4. The molecule has 3 heterocycles. The Labute approximate surface area is 201 Å². The van der Waals surface area contributed by atoms with E-state index in [-0.39, 0.29) is 28.6 Å². The monoisotopic (exact) mass is 483 g/mol. The summed E-state index contributed by atoms with van der Waals surface area (Å²) in [6.45, 7) is 1.54. The second-order valence-electron chi connectivity index (χ2n) is 10.1. The molecule has 2 saturated heterocycles. The topological polar surface area (TPSA) is 85.8 Å². The first-order valence-electron chi connectivity index (χ1n) is 12.0. The number of urea groups is 1. The molecule has 2 aliphatic heterocycles. The van der Waals surface area contributed by atoms with Gasteiger partial charge in [0.05, 0.1) is 35.5 Å². The lowest BCUT2D eigenvalue weighted by atomic mass is 9.69. The predicted octanol–water partition coefficient (Wildman–Crippen LogP) is 2.62. The number of hydrogen-bond acceptors (Lipinski definition) is 6. The number of sulfone groups is 1. The predicted molar refractivity (Wildman–Crippen MR) is 134 cm³/mol. The number of carbonyl (C=O) groups is 1. The van der Waals surface area contributed by atoms with Crippen LogP contribution in [-0.2, 0) is 15.4 Å². The number of aromatic nitrogens is 1. The smallest absolute Gasteiger partial charge is 0.322 e. The normalized spacial score (nSPS) is 29.0. The number of amides is 2. The highest BCUT2D eigenvalue weighted by molar-refractivity contribution is 7.91. The minimum Gasteiger partial charge on any atom is -0.355 e. The van der Waals surface area contributed by atoms with Gasteiger partial charge in [-0.2, -0.15) is 0 Å². The molecule has 3 fully saturated rings. The Hall–Kier alpha value is -2.65. The number of anilines is 2. The Morgan fingerprint density at radius 2 is 1.65 bits per heavy atom. The molecular formula is C25H33N5O3S. The Morgan fingerprint density at radius 3 is 2.24 bits per heavy atom. The van der Waals surface area contributed by atoms with Gasteiger partial charge in [-0.1, -0.05) is 30.3 Å². The van der Waals surface area contributed by atoms with E-state index in [1.807, 2.05) is 17.0 Å². The third-order valence-corrected chi connectivity index (χ3v) is 9.60. The van der Waals surface area contributed by atoms with Crippen molar-refractivity contribution in [2.75, 3.05) is 55.0 Å². The number of carbonyl (C=O) groups excluding carboxylic acids is 1. The van der Waals surface area contributed by atoms with Crippen LogP contribution in [0, 0.1) is 0 Å². The van der Waals surface area contributed by atoms with E-state index in [4.69, 9.17) is 0 Å². The quantitative estimate of drug-likeness (QED) is 0.720. The summed E-state index contributed by atoms with van der Waals surface area (Å²) in [4.78, 5) is 23.6. The average molecular weight is 484 g/mol. The number of hydrogen-bond donors (Lipinski definition) is 1. The highest BCUT2D eigenvalue weighted by Crippen LogP contribution is 2.46. The molecule has 182 valence electrons. The second-order valence-corrected chi connectivity index (χ2v) is 12.4. The molecule has 1 N–H and O–H groups in total. The molecule has 0 bridgehead atoms. The Morgan fingerprint density at radius 1 is 0.971 bits per heavy atom. The standard InChI is InChI=1S/C25H33N5O3S/c1-28(2)25(20-6-4-3-5-7-20)12-10-24(11-13-25)19-30(23(31)27-24)21-8-9-22(26-18-21)29-14-16-34(32,33)17-15-29/h3-9,18H,10-17,19H2,1-2H3,(H,27,31)/t24-,25-. The largest absolute Gasteiger partial charge is 0.355 e. The van der Waals surface area contributed by atoms with E-state index in [2.05, 4.69) is 59.6 Å². The van der Waals surface area contributed by atoms with E-state index >= 15 is 0 Å². The third-order valence-electron chi connectivity index (χ3n) is 7.99. The van der Waals surface area contributed by atoms with Crippen molar-refractivity contribution < 1.29 is 13.2 Å². The first-order valence-corrected chi connectivity index (χ1v) is 13.8. The SMILES string of the molecule is CN(C)[C@]1(c2ccccc2)CC[C@@]2(CC1)CN(c1ccc(N3CCS(=O)(=O)CC3)nc1)C(=O)N2. The van der Waals surface area contributed by atoms with E-state index in [0.717, 1.165) is 37.2 Å². The van der Waals surface area contributed by atoms with Crippen molar-refractivity contribution in [2.45, 2.75) is 36.8 Å². The van der Waals surface area contributed by atoms with Crippen molar-refractivity contribution in [1.29, 1.82) is 0 Å². The Balaban J connectivity index is 1.28. The van der Waals surface area contributed by atoms with Crippen LogP contribution in [0.2, 0.25) is 0 Å². The van der Waals surface area contributed by atoms with E-state index in [0.29, 0.717) is 19.6 Å². The van der Waals surface area contributed by atoms with Gasteiger partial charge in [0.2, 0.25) is 0 Å². The van der Waals surface area contributed by atoms with Crippen LogP contribution in [0.25, 0.3) is 0 Å². The van der Waals surface area contributed by atoms with Gasteiger partial charge in [0.1, 0.15) is 5.82 Å². The fraction of sp³-hybridized carbons (Fsp3) is 0.520. The minimum atomic E-state index is -2.93. The molecule has 1 aromatic carbocycles. The number of benzene rings is 1. The molecule has 1 aliphatic carbocycles. The summed E-state index contributed by atoms with van der Waals surface area (Å²) in [5.74, 6) is 1.07. The van der Waals surface area contributed by atoms with Crippen molar-refractivity contribution >= 4 is 27.4 Å².